The van der Waals surface area contributed by atoms with Crippen molar-refractivity contribution in [1.29, 1.82) is 0 Å². The lowest BCUT2D eigenvalue weighted by Gasteiger charge is -2.04. The molecule has 1 aromatic heterocycles. The van der Waals surface area contributed by atoms with E-state index in [9.17, 15) is 4.79 Å². The molecule has 0 radical (unpaired) electrons. The van der Waals surface area contributed by atoms with E-state index in [-0.39, 0.29) is 5.82 Å². The molecule has 2 rings (SSSR count). The average molecular weight is 249 g/mol. The Kier molecular flexibility index (Phi) is 3.73. The molecule has 2 aromatic rings. The van der Waals surface area contributed by atoms with Crippen LogP contribution in [0.1, 0.15) is 5.56 Å². The van der Waals surface area contributed by atoms with Gasteiger partial charge in [-0.1, -0.05) is 42.1 Å². The zero-order valence-electron chi connectivity index (χ0n) is 8.88. The highest BCUT2D eigenvalue weighted by molar-refractivity contribution is 7.98. The summed E-state index contributed by atoms with van der Waals surface area (Å²) >= 11 is 1.45. The highest BCUT2D eigenvalue weighted by Gasteiger charge is 2.06. The van der Waals surface area contributed by atoms with Gasteiger partial charge in [0.05, 0.1) is 0 Å². The van der Waals surface area contributed by atoms with E-state index in [2.05, 4.69) is 20.6 Å². The van der Waals surface area contributed by atoms with Crippen molar-refractivity contribution >= 4 is 17.6 Å². The standard InChI is InChI=1S/C10H11N5OS/c11-13-8-9(14-15-10(16)12-8)17-6-7-4-2-1-3-5-7/h1-5H,6,11H2,(H2,12,13,15,16). The summed E-state index contributed by atoms with van der Waals surface area (Å²) in [5.74, 6) is 6.29. The Morgan fingerprint density at radius 3 is 2.82 bits per heavy atom. The summed E-state index contributed by atoms with van der Waals surface area (Å²) < 4.78 is 0. The summed E-state index contributed by atoms with van der Waals surface area (Å²) in [5, 5.41) is 6.73. The second kappa shape index (κ2) is 5.46. The van der Waals surface area contributed by atoms with E-state index < -0.39 is 5.69 Å². The predicted octanol–water partition coefficient (Wildman–Crippen LogP) is 0.743. The van der Waals surface area contributed by atoms with Gasteiger partial charge in [0.25, 0.3) is 0 Å². The predicted molar refractivity (Wildman–Crippen MR) is 66.5 cm³/mol. The third-order valence-corrected chi connectivity index (χ3v) is 3.06. The van der Waals surface area contributed by atoms with Crippen LogP contribution in [0.15, 0.2) is 40.2 Å². The maximum Gasteiger partial charge on any atom is 0.363 e. The number of rotatable bonds is 4. The Labute approximate surface area is 102 Å². The van der Waals surface area contributed by atoms with Crippen molar-refractivity contribution in [2.75, 3.05) is 5.43 Å². The van der Waals surface area contributed by atoms with Gasteiger partial charge < -0.3 is 5.43 Å². The molecule has 0 bridgehead atoms. The van der Waals surface area contributed by atoms with Crippen molar-refractivity contribution in [2.24, 2.45) is 5.84 Å². The van der Waals surface area contributed by atoms with Gasteiger partial charge in [0.1, 0.15) is 0 Å². The van der Waals surface area contributed by atoms with Gasteiger partial charge in [-0.25, -0.2) is 15.7 Å². The summed E-state index contributed by atoms with van der Waals surface area (Å²) in [5.41, 5.74) is 2.99. The van der Waals surface area contributed by atoms with Crippen molar-refractivity contribution in [1.82, 2.24) is 15.2 Å². The summed E-state index contributed by atoms with van der Waals surface area (Å²) in [6.07, 6.45) is 0. The minimum Gasteiger partial charge on any atom is -0.306 e. The summed E-state index contributed by atoms with van der Waals surface area (Å²) in [6.45, 7) is 0. The quantitative estimate of drug-likeness (QED) is 0.420. The maximum atomic E-state index is 10.9. The van der Waals surface area contributed by atoms with Crippen LogP contribution >= 0.6 is 11.8 Å². The van der Waals surface area contributed by atoms with Crippen LogP contribution in [-0.2, 0) is 5.75 Å². The van der Waals surface area contributed by atoms with Gasteiger partial charge in [-0.05, 0) is 5.56 Å². The zero-order valence-corrected chi connectivity index (χ0v) is 9.70. The molecule has 7 heteroatoms. The van der Waals surface area contributed by atoms with Gasteiger partial charge in [0.2, 0.25) is 0 Å². The Morgan fingerprint density at radius 2 is 2.12 bits per heavy atom. The molecule has 0 aliphatic heterocycles. The second-order valence-corrected chi connectivity index (χ2v) is 4.18. The normalized spacial score (nSPS) is 10.2. The topological polar surface area (TPSA) is 96.7 Å². The molecule has 0 fully saturated rings. The number of aromatic nitrogens is 3. The number of hydrazine groups is 1. The number of hydrogen-bond acceptors (Lipinski definition) is 6. The molecule has 0 saturated heterocycles. The Balaban J connectivity index is 2.11. The first kappa shape index (κ1) is 11.6. The van der Waals surface area contributed by atoms with Crippen LogP contribution in [0.2, 0.25) is 0 Å². The van der Waals surface area contributed by atoms with Crippen LogP contribution in [0, 0.1) is 0 Å². The Hall–Kier alpha value is -1.86. The van der Waals surface area contributed by atoms with Crippen molar-refractivity contribution in [3.05, 3.63) is 46.4 Å². The van der Waals surface area contributed by atoms with Gasteiger partial charge in [-0.2, -0.15) is 10.1 Å². The minimum atomic E-state index is -0.526. The van der Waals surface area contributed by atoms with Gasteiger partial charge in [0.15, 0.2) is 10.8 Å². The van der Waals surface area contributed by atoms with E-state index in [0.717, 1.165) is 11.3 Å². The third kappa shape index (κ3) is 3.05. The molecular weight excluding hydrogens is 238 g/mol. The van der Waals surface area contributed by atoms with E-state index in [4.69, 9.17) is 5.84 Å². The summed E-state index contributed by atoms with van der Waals surface area (Å²) in [7, 11) is 0. The highest BCUT2D eigenvalue weighted by Crippen LogP contribution is 2.24. The van der Waals surface area contributed by atoms with Crippen LogP contribution in [-0.4, -0.2) is 15.2 Å². The van der Waals surface area contributed by atoms with Crippen LogP contribution in [0.3, 0.4) is 0 Å². The second-order valence-electron chi connectivity index (χ2n) is 3.21. The number of hydrogen-bond donors (Lipinski definition) is 3. The average Bonchev–Trinajstić information content (AvgIpc) is 2.38. The lowest BCUT2D eigenvalue weighted by molar-refractivity contribution is 0.837. The molecule has 0 atom stereocenters. The lowest BCUT2D eigenvalue weighted by atomic mass is 10.2. The van der Waals surface area contributed by atoms with Gasteiger partial charge in [-0.15, -0.1) is 0 Å². The number of anilines is 1. The summed E-state index contributed by atoms with van der Waals surface area (Å²) in [6, 6.07) is 9.93. The largest absolute Gasteiger partial charge is 0.363 e. The molecule has 0 aliphatic carbocycles. The van der Waals surface area contributed by atoms with Gasteiger partial charge >= 0.3 is 5.69 Å². The van der Waals surface area contributed by atoms with Crippen LogP contribution in [0.25, 0.3) is 0 Å². The van der Waals surface area contributed by atoms with Gasteiger partial charge in [-0.3, -0.25) is 0 Å². The molecule has 0 amide bonds. The molecule has 17 heavy (non-hydrogen) atoms. The SMILES string of the molecule is NNc1nc(=O)[nH]nc1SCc1ccccc1. The van der Waals surface area contributed by atoms with Crippen LogP contribution < -0.4 is 17.0 Å². The Morgan fingerprint density at radius 1 is 1.35 bits per heavy atom. The van der Waals surface area contributed by atoms with Crippen molar-refractivity contribution in [3.8, 4) is 0 Å². The van der Waals surface area contributed by atoms with Gasteiger partial charge in [0, 0.05) is 5.75 Å². The van der Waals surface area contributed by atoms with Crippen LogP contribution in [0.5, 0.6) is 0 Å². The number of nitrogens with one attached hydrogen (secondary N) is 2. The third-order valence-electron chi connectivity index (χ3n) is 2.02. The highest BCUT2D eigenvalue weighted by atomic mass is 32.2. The number of thioether (sulfide) groups is 1. The number of nitrogen functional groups attached to an aromatic ring is 1. The van der Waals surface area contributed by atoms with Crippen LogP contribution in [0.4, 0.5) is 5.82 Å². The molecule has 4 N–H and O–H groups in total. The molecule has 0 unspecified atom stereocenters. The first-order valence-corrected chi connectivity index (χ1v) is 5.88. The molecule has 1 heterocycles. The fourth-order valence-electron chi connectivity index (χ4n) is 1.25. The molecule has 0 spiro atoms. The minimum absolute atomic E-state index is 0.287. The first-order chi connectivity index (χ1) is 8.29. The fourth-order valence-corrected chi connectivity index (χ4v) is 2.09. The van der Waals surface area contributed by atoms with E-state index >= 15 is 0 Å². The maximum absolute atomic E-state index is 10.9. The zero-order chi connectivity index (χ0) is 12.1. The van der Waals surface area contributed by atoms with E-state index in [1.807, 2.05) is 30.3 Å². The van der Waals surface area contributed by atoms with E-state index in [1.54, 1.807) is 0 Å². The van der Waals surface area contributed by atoms with Crippen molar-refractivity contribution in [3.63, 3.8) is 0 Å². The van der Waals surface area contributed by atoms with Crippen molar-refractivity contribution in [2.45, 2.75) is 10.8 Å². The molecule has 1 aromatic carbocycles. The number of aromatic amines is 1. The number of H-pyrrole nitrogens is 1. The molecule has 6 nitrogen and oxygen atoms in total. The monoisotopic (exact) mass is 249 g/mol. The van der Waals surface area contributed by atoms with E-state index in [1.165, 1.54) is 11.8 Å². The molecule has 0 saturated carbocycles. The molecular formula is C10H11N5OS. The first-order valence-electron chi connectivity index (χ1n) is 4.89. The number of nitrogens with zero attached hydrogens (tertiary/aromatic N) is 2. The number of benzene rings is 1. The van der Waals surface area contributed by atoms with E-state index in [0.29, 0.717) is 5.03 Å². The molecule has 88 valence electrons. The Bertz CT molecular complexity index is 542. The smallest absolute Gasteiger partial charge is 0.306 e. The number of nitrogens with two attached hydrogens (primary N) is 1. The van der Waals surface area contributed by atoms with Crippen molar-refractivity contribution < 1.29 is 0 Å². The summed E-state index contributed by atoms with van der Waals surface area (Å²) in [4.78, 5) is 14.6. The lowest BCUT2D eigenvalue weighted by Crippen LogP contribution is -2.19. The fraction of sp³-hybridized carbons (Fsp3) is 0.100. The molecule has 0 aliphatic rings.